The van der Waals surface area contributed by atoms with Crippen LogP contribution in [0.4, 0.5) is 5.69 Å². The number of hydrogen-bond acceptors (Lipinski definition) is 6. The van der Waals surface area contributed by atoms with Gasteiger partial charge in [-0.25, -0.2) is 0 Å². The molecule has 5 rings (SSSR count). The highest BCUT2D eigenvalue weighted by atomic mass is 32.1. The van der Waals surface area contributed by atoms with Crippen LogP contribution in [0.2, 0.25) is 0 Å². The summed E-state index contributed by atoms with van der Waals surface area (Å²) in [6.45, 7) is 4.14. The van der Waals surface area contributed by atoms with Gasteiger partial charge >= 0.3 is 0 Å². The van der Waals surface area contributed by atoms with E-state index in [9.17, 15) is 14.9 Å². The standard InChI is InChI=1S/C35H29N3O4S/c1-23-10-9-14-27(18-23)37-33(39)28(21-36)35-38(29-15-8-7-11-24(29)2)34(40)32(43-35)20-26-16-17-30(41-3)31(19-26)42-22-25-12-5-4-6-13-25/h4-20H,22H2,1-3H3,(H,37,39)/b32-20-,35-28-. The van der Waals surface area contributed by atoms with Gasteiger partial charge in [-0.05, 0) is 72.5 Å². The van der Waals surface area contributed by atoms with Gasteiger partial charge in [0.1, 0.15) is 17.3 Å². The van der Waals surface area contributed by atoms with E-state index in [2.05, 4.69) is 5.32 Å². The summed E-state index contributed by atoms with van der Waals surface area (Å²) in [6, 6.07) is 31.9. The Hall–Kier alpha value is -5.39. The molecule has 0 radical (unpaired) electrons. The fourth-order valence-electron chi connectivity index (χ4n) is 4.58. The predicted molar refractivity (Wildman–Crippen MR) is 170 cm³/mol. The number of benzene rings is 4. The van der Waals surface area contributed by atoms with Crippen molar-refractivity contribution in [2.75, 3.05) is 12.4 Å². The lowest BCUT2D eigenvalue weighted by Crippen LogP contribution is -2.32. The number of aryl methyl sites for hydroxylation is 2. The molecule has 7 nitrogen and oxygen atoms in total. The molecule has 1 heterocycles. The molecule has 0 atom stereocenters. The topological polar surface area (TPSA) is 93.4 Å². The minimum absolute atomic E-state index is 0.159. The lowest BCUT2D eigenvalue weighted by molar-refractivity contribution is -0.111. The Labute approximate surface area is 253 Å². The predicted octanol–water partition coefficient (Wildman–Crippen LogP) is 5.25. The minimum Gasteiger partial charge on any atom is -0.493 e. The Morgan fingerprint density at radius 3 is 2.44 bits per heavy atom. The van der Waals surface area contributed by atoms with Gasteiger partial charge in [-0.2, -0.15) is 5.26 Å². The number of anilines is 1. The molecule has 0 bridgehead atoms. The zero-order valence-electron chi connectivity index (χ0n) is 24.0. The van der Waals surface area contributed by atoms with E-state index in [-0.39, 0.29) is 15.8 Å². The minimum atomic E-state index is -0.593. The number of amides is 1. The second kappa shape index (κ2) is 13.1. The van der Waals surface area contributed by atoms with Crippen molar-refractivity contribution in [1.82, 2.24) is 4.57 Å². The van der Waals surface area contributed by atoms with Crippen LogP contribution in [-0.4, -0.2) is 17.6 Å². The monoisotopic (exact) mass is 587 g/mol. The summed E-state index contributed by atoms with van der Waals surface area (Å²) in [5, 5.41) is 13.0. The Morgan fingerprint density at radius 1 is 0.953 bits per heavy atom. The van der Waals surface area contributed by atoms with E-state index in [1.165, 1.54) is 4.57 Å². The van der Waals surface area contributed by atoms with Gasteiger partial charge in [0, 0.05) is 5.69 Å². The lowest BCUT2D eigenvalue weighted by atomic mass is 10.2. The third-order valence-corrected chi connectivity index (χ3v) is 7.82. The van der Waals surface area contributed by atoms with Crippen LogP contribution in [0.15, 0.2) is 102 Å². The number of nitrogens with one attached hydrogen (secondary N) is 1. The van der Waals surface area contributed by atoms with Crippen LogP contribution >= 0.6 is 11.3 Å². The number of nitriles is 1. The third-order valence-electron chi connectivity index (χ3n) is 6.73. The number of carbonyl (C=O) groups excluding carboxylic acids is 1. The Kier molecular flexibility index (Phi) is 8.85. The van der Waals surface area contributed by atoms with Crippen molar-refractivity contribution < 1.29 is 14.3 Å². The molecule has 214 valence electrons. The van der Waals surface area contributed by atoms with E-state index in [0.717, 1.165) is 28.0 Å². The molecule has 0 aliphatic rings. The zero-order valence-corrected chi connectivity index (χ0v) is 24.8. The maximum Gasteiger partial charge on any atom is 0.273 e. The number of para-hydroxylation sites is 1. The first-order chi connectivity index (χ1) is 20.9. The van der Waals surface area contributed by atoms with Gasteiger partial charge in [0.15, 0.2) is 17.1 Å². The fourth-order valence-corrected chi connectivity index (χ4v) is 5.67. The SMILES string of the molecule is COc1ccc(/C=c2\s/c(=C(/C#N)C(=O)Nc3cccc(C)c3)n(-c3ccccc3C)c2=O)cc1OCc1ccccc1. The largest absolute Gasteiger partial charge is 0.493 e. The first-order valence-corrected chi connectivity index (χ1v) is 14.4. The Balaban J connectivity index is 1.64. The van der Waals surface area contributed by atoms with Gasteiger partial charge in [0.25, 0.3) is 11.5 Å². The van der Waals surface area contributed by atoms with Gasteiger partial charge in [0.05, 0.1) is 17.3 Å². The van der Waals surface area contributed by atoms with Crippen LogP contribution in [0.3, 0.4) is 0 Å². The Bertz CT molecular complexity index is 2020. The van der Waals surface area contributed by atoms with Gasteiger partial charge in [-0.3, -0.25) is 14.2 Å². The molecule has 1 aromatic heterocycles. The van der Waals surface area contributed by atoms with Crippen LogP contribution in [0.1, 0.15) is 22.3 Å². The summed E-state index contributed by atoms with van der Waals surface area (Å²) in [6.07, 6.45) is 1.73. The van der Waals surface area contributed by atoms with Gasteiger partial charge in [-0.15, -0.1) is 11.3 Å². The second-order valence-corrected chi connectivity index (χ2v) is 10.9. The average molecular weight is 588 g/mol. The number of rotatable bonds is 8. The van der Waals surface area contributed by atoms with Crippen molar-refractivity contribution in [3.05, 3.63) is 139 Å². The van der Waals surface area contributed by atoms with E-state index < -0.39 is 5.91 Å². The van der Waals surface area contributed by atoms with Gasteiger partial charge < -0.3 is 14.8 Å². The number of carbonyl (C=O) groups is 1. The molecule has 0 fully saturated rings. The third kappa shape index (κ3) is 6.58. The smallest absolute Gasteiger partial charge is 0.273 e. The number of aromatic nitrogens is 1. The van der Waals surface area contributed by atoms with E-state index >= 15 is 0 Å². The van der Waals surface area contributed by atoms with Crippen molar-refractivity contribution >= 4 is 34.6 Å². The molecule has 0 unspecified atom stereocenters. The highest BCUT2D eigenvalue weighted by Crippen LogP contribution is 2.29. The summed E-state index contributed by atoms with van der Waals surface area (Å²) < 4.78 is 13.6. The quantitative estimate of drug-likeness (QED) is 0.268. The molecule has 0 aliphatic heterocycles. The molecule has 0 saturated carbocycles. The number of hydrogen-bond donors (Lipinski definition) is 1. The molecule has 1 amide bonds. The van der Waals surface area contributed by atoms with Crippen molar-refractivity contribution in [2.24, 2.45) is 0 Å². The molecule has 4 aromatic carbocycles. The molecule has 0 aliphatic carbocycles. The molecule has 8 heteroatoms. The Morgan fingerprint density at radius 2 is 1.72 bits per heavy atom. The maximum absolute atomic E-state index is 13.9. The molecular weight excluding hydrogens is 558 g/mol. The van der Waals surface area contributed by atoms with Crippen LogP contribution < -0.4 is 29.5 Å². The first kappa shape index (κ1) is 29.1. The summed E-state index contributed by atoms with van der Waals surface area (Å²) in [5.74, 6) is 0.493. The van der Waals surface area contributed by atoms with Crippen LogP contribution in [0.25, 0.3) is 17.3 Å². The van der Waals surface area contributed by atoms with E-state index in [0.29, 0.717) is 39.6 Å². The highest BCUT2D eigenvalue weighted by molar-refractivity contribution is 7.07. The van der Waals surface area contributed by atoms with Crippen molar-refractivity contribution in [2.45, 2.75) is 20.5 Å². The normalized spacial score (nSPS) is 11.9. The fraction of sp³-hybridized carbons (Fsp3) is 0.114. The van der Waals surface area contributed by atoms with E-state index in [4.69, 9.17) is 9.47 Å². The molecule has 1 N–H and O–H groups in total. The summed E-state index contributed by atoms with van der Waals surface area (Å²) in [7, 11) is 1.57. The van der Waals surface area contributed by atoms with Gasteiger partial charge in [-0.1, -0.05) is 66.7 Å². The second-order valence-electron chi connectivity index (χ2n) is 9.84. The van der Waals surface area contributed by atoms with E-state index in [1.807, 2.05) is 92.7 Å². The zero-order chi connectivity index (χ0) is 30.3. The molecular formula is C35H29N3O4S. The van der Waals surface area contributed by atoms with Crippen LogP contribution in [0.5, 0.6) is 11.5 Å². The number of ether oxygens (including phenoxy) is 2. The van der Waals surface area contributed by atoms with Crippen LogP contribution in [-0.2, 0) is 11.4 Å². The van der Waals surface area contributed by atoms with Crippen molar-refractivity contribution in [3.8, 4) is 23.3 Å². The number of nitrogens with zero attached hydrogens (tertiary/aromatic N) is 2. The van der Waals surface area contributed by atoms with E-state index in [1.54, 1.807) is 37.5 Å². The summed E-state index contributed by atoms with van der Waals surface area (Å²) >= 11 is 1.09. The molecule has 43 heavy (non-hydrogen) atoms. The van der Waals surface area contributed by atoms with Crippen LogP contribution in [0, 0.1) is 25.2 Å². The first-order valence-electron chi connectivity index (χ1n) is 13.5. The molecule has 0 saturated heterocycles. The number of thiazole rings is 1. The molecule has 0 spiro atoms. The maximum atomic E-state index is 13.9. The van der Waals surface area contributed by atoms with Crippen molar-refractivity contribution in [1.29, 1.82) is 5.26 Å². The average Bonchev–Trinajstić information content (AvgIpc) is 3.32. The summed E-state index contributed by atoms with van der Waals surface area (Å²) in [5.41, 5.74) is 4.16. The molecule has 5 aromatic rings. The van der Waals surface area contributed by atoms with Crippen molar-refractivity contribution in [3.63, 3.8) is 0 Å². The number of methoxy groups -OCH3 is 1. The summed E-state index contributed by atoms with van der Waals surface area (Å²) in [4.78, 5) is 27.3. The lowest BCUT2D eigenvalue weighted by Gasteiger charge is -2.11. The van der Waals surface area contributed by atoms with Gasteiger partial charge in [0.2, 0.25) is 0 Å². The highest BCUT2D eigenvalue weighted by Gasteiger charge is 2.18.